The molecule has 1 aromatic heterocycles. The third-order valence-electron chi connectivity index (χ3n) is 3.50. The van der Waals surface area contributed by atoms with Crippen LogP contribution >= 0.6 is 23.2 Å². The van der Waals surface area contributed by atoms with Gasteiger partial charge in [0.25, 0.3) is 5.56 Å². The number of hydrogen-bond donors (Lipinski definition) is 1. The SMILES string of the molecule is COc1cc(OC)c(OC)cc1CNC(=O)Cn1ncc(Cl)c(Cl)c1=O. The second-order valence-electron chi connectivity index (χ2n) is 5.07. The Morgan fingerprint density at radius 3 is 2.35 bits per heavy atom. The zero-order chi connectivity index (χ0) is 19.3. The number of benzene rings is 1. The molecule has 0 saturated carbocycles. The number of rotatable bonds is 7. The lowest BCUT2D eigenvalue weighted by atomic mass is 10.1. The van der Waals surface area contributed by atoms with Crippen LogP contribution in [0, 0.1) is 0 Å². The van der Waals surface area contributed by atoms with Crippen LogP contribution in [0.15, 0.2) is 23.1 Å². The second kappa shape index (κ2) is 8.77. The predicted octanol–water partition coefficient (Wildman–Crippen LogP) is 1.89. The zero-order valence-corrected chi connectivity index (χ0v) is 15.8. The molecule has 1 heterocycles. The van der Waals surface area contributed by atoms with E-state index in [4.69, 9.17) is 37.4 Å². The van der Waals surface area contributed by atoms with Gasteiger partial charge >= 0.3 is 0 Å². The summed E-state index contributed by atoms with van der Waals surface area (Å²) in [6.45, 7) is -0.149. The number of hydrogen-bond acceptors (Lipinski definition) is 6. The first-order valence-electron chi connectivity index (χ1n) is 7.38. The highest BCUT2D eigenvalue weighted by Gasteiger charge is 2.14. The Labute approximate surface area is 159 Å². The third kappa shape index (κ3) is 4.39. The molecular weight excluding hydrogens is 385 g/mol. The fraction of sp³-hybridized carbons (Fsp3) is 0.312. The second-order valence-corrected chi connectivity index (χ2v) is 5.85. The van der Waals surface area contributed by atoms with E-state index in [0.717, 1.165) is 4.68 Å². The average molecular weight is 402 g/mol. The van der Waals surface area contributed by atoms with Crippen molar-refractivity contribution in [2.75, 3.05) is 21.3 Å². The van der Waals surface area contributed by atoms with Crippen molar-refractivity contribution in [2.45, 2.75) is 13.1 Å². The van der Waals surface area contributed by atoms with Gasteiger partial charge in [0.05, 0.1) is 32.5 Å². The molecule has 1 N–H and O–H groups in total. The first kappa shape index (κ1) is 19.9. The summed E-state index contributed by atoms with van der Waals surface area (Å²) in [7, 11) is 4.53. The molecule has 140 valence electrons. The standard InChI is InChI=1S/C16H17Cl2N3O5/c1-24-11-5-13(26-3)12(25-2)4-9(11)6-19-14(22)8-21-16(23)15(18)10(17)7-20-21/h4-5,7H,6,8H2,1-3H3,(H,19,22). The van der Waals surface area contributed by atoms with Crippen molar-refractivity contribution in [2.24, 2.45) is 0 Å². The normalized spacial score (nSPS) is 10.3. The number of amides is 1. The fourth-order valence-electron chi connectivity index (χ4n) is 2.17. The Kier molecular flexibility index (Phi) is 6.70. The molecule has 1 aromatic carbocycles. The topological polar surface area (TPSA) is 91.7 Å². The Balaban J connectivity index is 2.12. The van der Waals surface area contributed by atoms with Gasteiger partial charge in [-0.2, -0.15) is 5.10 Å². The quantitative estimate of drug-likeness (QED) is 0.761. The van der Waals surface area contributed by atoms with Gasteiger partial charge in [0, 0.05) is 18.2 Å². The van der Waals surface area contributed by atoms with Crippen molar-refractivity contribution in [1.82, 2.24) is 15.1 Å². The van der Waals surface area contributed by atoms with Gasteiger partial charge in [0.15, 0.2) is 11.5 Å². The van der Waals surface area contributed by atoms with Crippen LogP contribution < -0.4 is 25.1 Å². The van der Waals surface area contributed by atoms with Crippen LogP contribution in [0.2, 0.25) is 10.0 Å². The van der Waals surface area contributed by atoms with E-state index in [2.05, 4.69) is 10.4 Å². The van der Waals surface area contributed by atoms with Gasteiger partial charge in [-0.3, -0.25) is 9.59 Å². The van der Waals surface area contributed by atoms with Crippen molar-refractivity contribution in [1.29, 1.82) is 0 Å². The predicted molar refractivity (Wildman–Crippen MR) is 96.5 cm³/mol. The van der Waals surface area contributed by atoms with Crippen molar-refractivity contribution in [3.8, 4) is 17.2 Å². The lowest BCUT2D eigenvalue weighted by Crippen LogP contribution is -2.33. The molecule has 0 unspecified atom stereocenters. The molecule has 2 rings (SSSR count). The summed E-state index contributed by atoms with van der Waals surface area (Å²) in [4.78, 5) is 24.0. The summed E-state index contributed by atoms with van der Waals surface area (Å²) in [6, 6.07) is 3.35. The molecule has 0 aliphatic rings. The van der Waals surface area contributed by atoms with Gasteiger partial charge in [0.1, 0.15) is 17.3 Å². The first-order chi connectivity index (χ1) is 12.4. The number of carbonyl (C=O) groups excluding carboxylic acids is 1. The van der Waals surface area contributed by atoms with Gasteiger partial charge in [-0.15, -0.1) is 0 Å². The maximum atomic E-state index is 12.1. The molecule has 26 heavy (non-hydrogen) atoms. The van der Waals surface area contributed by atoms with E-state index < -0.39 is 11.5 Å². The molecule has 1 amide bonds. The third-order valence-corrected chi connectivity index (χ3v) is 4.25. The summed E-state index contributed by atoms with van der Waals surface area (Å²) in [5, 5.41) is 6.31. The lowest BCUT2D eigenvalue weighted by molar-refractivity contribution is -0.122. The maximum absolute atomic E-state index is 12.1. The van der Waals surface area contributed by atoms with Crippen LogP contribution in [-0.2, 0) is 17.9 Å². The number of carbonyl (C=O) groups is 1. The van der Waals surface area contributed by atoms with E-state index in [0.29, 0.717) is 22.8 Å². The summed E-state index contributed by atoms with van der Waals surface area (Å²) < 4.78 is 16.7. The van der Waals surface area contributed by atoms with E-state index >= 15 is 0 Å². The number of halogens is 2. The summed E-state index contributed by atoms with van der Waals surface area (Å²) in [5.74, 6) is 1.09. The molecule has 0 aliphatic carbocycles. The van der Waals surface area contributed by atoms with Gasteiger partial charge in [-0.25, -0.2) is 4.68 Å². The number of nitrogens with zero attached hydrogens (tertiary/aromatic N) is 2. The van der Waals surface area contributed by atoms with Crippen LogP contribution in [0.1, 0.15) is 5.56 Å². The van der Waals surface area contributed by atoms with E-state index in [9.17, 15) is 9.59 Å². The molecular formula is C16H17Cl2N3O5. The van der Waals surface area contributed by atoms with E-state index in [-0.39, 0.29) is 23.1 Å². The van der Waals surface area contributed by atoms with E-state index in [1.165, 1.54) is 27.5 Å². The molecule has 2 aromatic rings. The maximum Gasteiger partial charge on any atom is 0.287 e. The monoisotopic (exact) mass is 401 g/mol. The number of nitrogens with one attached hydrogen (secondary N) is 1. The molecule has 0 atom stereocenters. The highest BCUT2D eigenvalue weighted by Crippen LogP contribution is 2.34. The van der Waals surface area contributed by atoms with Crippen LogP contribution in [0.5, 0.6) is 17.2 Å². The Morgan fingerprint density at radius 2 is 1.73 bits per heavy atom. The minimum atomic E-state index is -0.641. The van der Waals surface area contributed by atoms with Gasteiger partial charge in [-0.1, -0.05) is 23.2 Å². The number of methoxy groups -OCH3 is 3. The minimum absolute atomic E-state index is 0.0309. The lowest BCUT2D eigenvalue weighted by Gasteiger charge is -2.14. The largest absolute Gasteiger partial charge is 0.496 e. The zero-order valence-electron chi connectivity index (χ0n) is 14.3. The molecule has 0 bridgehead atoms. The van der Waals surface area contributed by atoms with E-state index in [1.54, 1.807) is 12.1 Å². The fourth-order valence-corrected chi connectivity index (χ4v) is 2.44. The molecule has 0 radical (unpaired) electrons. The van der Waals surface area contributed by atoms with Gasteiger partial charge in [-0.05, 0) is 6.07 Å². The molecule has 0 aliphatic heterocycles. The smallest absolute Gasteiger partial charge is 0.287 e. The van der Waals surface area contributed by atoms with E-state index in [1.807, 2.05) is 0 Å². The molecule has 0 saturated heterocycles. The van der Waals surface area contributed by atoms with Crippen LogP contribution in [-0.4, -0.2) is 37.0 Å². The molecule has 0 fully saturated rings. The Hall–Kier alpha value is -2.45. The summed E-state index contributed by atoms with van der Waals surface area (Å²) in [5.41, 5.74) is 0.0333. The van der Waals surface area contributed by atoms with Crippen molar-refractivity contribution in [3.63, 3.8) is 0 Å². The van der Waals surface area contributed by atoms with Gasteiger partial charge in [0.2, 0.25) is 5.91 Å². The number of ether oxygens (including phenoxy) is 3. The minimum Gasteiger partial charge on any atom is -0.496 e. The highest BCUT2D eigenvalue weighted by atomic mass is 35.5. The van der Waals surface area contributed by atoms with Crippen LogP contribution in [0.4, 0.5) is 0 Å². The average Bonchev–Trinajstić information content (AvgIpc) is 2.65. The Morgan fingerprint density at radius 1 is 1.12 bits per heavy atom. The van der Waals surface area contributed by atoms with Crippen molar-refractivity contribution in [3.05, 3.63) is 44.3 Å². The molecule has 0 spiro atoms. The van der Waals surface area contributed by atoms with Crippen LogP contribution in [0.25, 0.3) is 0 Å². The van der Waals surface area contributed by atoms with Crippen molar-refractivity contribution >= 4 is 29.1 Å². The summed E-state index contributed by atoms with van der Waals surface area (Å²) >= 11 is 11.5. The summed E-state index contributed by atoms with van der Waals surface area (Å²) in [6.07, 6.45) is 1.20. The number of aromatic nitrogens is 2. The van der Waals surface area contributed by atoms with Gasteiger partial charge < -0.3 is 19.5 Å². The Bertz CT molecular complexity index is 870. The molecule has 8 nitrogen and oxygen atoms in total. The van der Waals surface area contributed by atoms with Crippen molar-refractivity contribution < 1.29 is 19.0 Å². The molecule has 10 heteroatoms. The highest BCUT2D eigenvalue weighted by molar-refractivity contribution is 6.41. The van der Waals surface area contributed by atoms with Crippen LogP contribution in [0.3, 0.4) is 0 Å². The first-order valence-corrected chi connectivity index (χ1v) is 8.13.